The number of benzene rings is 1. The molecule has 0 fully saturated rings. The maximum absolute atomic E-state index is 12.4. The van der Waals surface area contributed by atoms with E-state index in [1.165, 1.54) is 22.5 Å². The van der Waals surface area contributed by atoms with Crippen LogP contribution in [-0.4, -0.2) is 15.9 Å². The van der Waals surface area contributed by atoms with Crippen LogP contribution in [0.3, 0.4) is 0 Å². The van der Waals surface area contributed by atoms with Crippen molar-refractivity contribution in [2.75, 3.05) is 5.32 Å². The number of carbonyl (C=O) groups excluding carboxylic acids is 1. The summed E-state index contributed by atoms with van der Waals surface area (Å²) >= 11 is 4.65. The summed E-state index contributed by atoms with van der Waals surface area (Å²) in [6, 6.07) is 8.34. The molecule has 27 heavy (non-hydrogen) atoms. The lowest BCUT2D eigenvalue weighted by molar-refractivity contribution is -0.115. The smallest absolute Gasteiger partial charge is 0.232 e. The number of hydrogen-bond donors (Lipinski definition) is 1. The number of rotatable bonds is 5. The molecule has 1 amide bonds. The molecule has 3 aromatic heterocycles. The number of hydrogen-bond acceptors (Lipinski definition) is 6. The molecule has 1 N–H and O–H groups in total. The Morgan fingerprint density at radius 2 is 1.96 bits per heavy atom. The summed E-state index contributed by atoms with van der Waals surface area (Å²) in [4.78, 5) is 21.5. The van der Waals surface area contributed by atoms with E-state index >= 15 is 0 Å². The maximum atomic E-state index is 12.4. The summed E-state index contributed by atoms with van der Waals surface area (Å²) in [7, 11) is 0. The molecule has 7 heteroatoms. The summed E-state index contributed by atoms with van der Waals surface area (Å²) in [6.45, 7) is 4.13. The second kappa shape index (κ2) is 7.72. The van der Waals surface area contributed by atoms with Gasteiger partial charge in [-0.3, -0.25) is 4.79 Å². The number of nitrogens with one attached hydrogen (secondary N) is 1. The van der Waals surface area contributed by atoms with Crippen molar-refractivity contribution in [1.82, 2.24) is 9.97 Å². The molecule has 0 saturated carbocycles. The number of aromatic nitrogens is 2. The summed E-state index contributed by atoms with van der Waals surface area (Å²) in [5.74, 6) is -0.0981. The van der Waals surface area contributed by atoms with Crippen molar-refractivity contribution in [3.8, 4) is 21.8 Å². The molecular formula is C20H17N3OS3. The van der Waals surface area contributed by atoms with Crippen molar-refractivity contribution in [2.24, 2.45) is 0 Å². The molecule has 0 unspecified atom stereocenters. The van der Waals surface area contributed by atoms with Crippen molar-refractivity contribution in [3.63, 3.8) is 0 Å². The molecule has 0 aliphatic rings. The summed E-state index contributed by atoms with van der Waals surface area (Å²) in [6.07, 6.45) is 0.249. The van der Waals surface area contributed by atoms with Gasteiger partial charge in [0.1, 0.15) is 5.01 Å². The van der Waals surface area contributed by atoms with E-state index in [0.717, 1.165) is 27.5 Å². The number of amides is 1. The molecule has 0 aliphatic carbocycles. The highest BCUT2D eigenvalue weighted by Gasteiger charge is 2.13. The van der Waals surface area contributed by atoms with Gasteiger partial charge in [-0.05, 0) is 36.9 Å². The molecule has 0 saturated heterocycles. The van der Waals surface area contributed by atoms with Crippen LogP contribution < -0.4 is 5.32 Å². The fourth-order valence-corrected chi connectivity index (χ4v) is 4.96. The minimum Gasteiger partial charge on any atom is -0.302 e. The monoisotopic (exact) mass is 411 g/mol. The Labute approximate surface area is 169 Å². The van der Waals surface area contributed by atoms with Gasteiger partial charge in [-0.1, -0.05) is 17.7 Å². The van der Waals surface area contributed by atoms with Crippen LogP contribution in [0.5, 0.6) is 0 Å². The predicted molar refractivity (Wildman–Crippen MR) is 115 cm³/mol. The van der Waals surface area contributed by atoms with Gasteiger partial charge in [-0.2, -0.15) is 11.3 Å². The number of anilines is 1. The number of thiazole rings is 2. The number of aryl methyl sites for hydroxylation is 2. The van der Waals surface area contributed by atoms with Crippen molar-refractivity contribution < 1.29 is 4.79 Å². The first kappa shape index (κ1) is 18.0. The second-order valence-electron chi connectivity index (χ2n) is 6.24. The van der Waals surface area contributed by atoms with E-state index in [4.69, 9.17) is 0 Å². The Morgan fingerprint density at radius 3 is 2.78 bits per heavy atom. The quantitative estimate of drug-likeness (QED) is 0.452. The molecule has 4 aromatic rings. The molecule has 0 aliphatic heterocycles. The zero-order chi connectivity index (χ0) is 18.8. The highest BCUT2D eigenvalue weighted by atomic mass is 32.1. The third kappa shape index (κ3) is 4.16. The normalized spacial score (nSPS) is 10.9. The average molecular weight is 412 g/mol. The van der Waals surface area contributed by atoms with Gasteiger partial charge in [0.2, 0.25) is 5.91 Å². The lowest BCUT2D eigenvalue weighted by atomic mass is 10.0. The summed E-state index contributed by atoms with van der Waals surface area (Å²) in [5, 5.41) is 12.5. The highest BCUT2D eigenvalue weighted by molar-refractivity contribution is 7.14. The third-order valence-electron chi connectivity index (χ3n) is 4.08. The van der Waals surface area contributed by atoms with Gasteiger partial charge in [-0.25, -0.2) is 9.97 Å². The largest absolute Gasteiger partial charge is 0.302 e. The van der Waals surface area contributed by atoms with Crippen LogP contribution in [0.25, 0.3) is 21.8 Å². The Balaban J connectivity index is 1.43. The van der Waals surface area contributed by atoms with Gasteiger partial charge in [0.25, 0.3) is 0 Å². The predicted octanol–water partition coefficient (Wildman–Crippen LogP) is 5.79. The lowest BCUT2D eigenvalue weighted by Gasteiger charge is -2.04. The summed E-state index contributed by atoms with van der Waals surface area (Å²) < 4.78 is 0. The molecule has 1 aromatic carbocycles. The topological polar surface area (TPSA) is 54.9 Å². The molecule has 4 rings (SSSR count). The number of carbonyl (C=O) groups is 1. The first-order chi connectivity index (χ1) is 13.1. The fraction of sp³-hybridized carbons (Fsp3) is 0.150. The van der Waals surface area contributed by atoms with E-state index < -0.39 is 0 Å². The van der Waals surface area contributed by atoms with Crippen LogP contribution in [-0.2, 0) is 11.2 Å². The highest BCUT2D eigenvalue weighted by Crippen LogP contribution is 2.29. The average Bonchev–Trinajstić information content (AvgIpc) is 3.38. The van der Waals surface area contributed by atoms with Gasteiger partial charge in [-0.15, -0.1) is 22.7 Å². The molecule has 0 bridgehead atoms. The van der Waals surface area contributed by atoms with Crippen molar-refractivity contribution in [3.05, 3.63) is 62.6 Å². The zero-order valence-electron chi connectivity index (χ0n) is 14.9. The van der Waals surface area contributed by atoms with Crippen molar-refractivity contribution in [2.45, 2.75) is 20.3 Å². The minimum atomic E-state index is -0.0981. The van der Waals surface area contributed by atoms with E-state index in [0.29, 0.717) is 5.13 Å². The Kier molecular flexibility index (Phi) is 5.15. The van der Waals surface area contributed by atoms with Crippen LogP contribution in [0.4, 0.5) is 5.13 Å². The second-order valence-corrected chi connectivity index (χ2v) is 8.73. The van der Waals surface area contributed by atoms with Gasteiger partial charge in [0, 0.05) is 27.3 Å². The Hall–Kier alpha value is -2.35. The van der Waals surface area contributed by atoms with E-state index in [9.17, 15) is 4.79 Å². The van der Waals surface area contributed by atoms with Crippen LogP contribution in [0.15, 0.2) is 45.8 Å². The van der Waals surface area contributed by atoms with Gasteiger partial charge in [0.05, 0.1) is 17.8 Å². The first-order valence-electron chi connectivity index (χ1n) is 8.38. The zero-order valence-corrected chi connectivity index (χ0v) is 17.3. The molecule has 0 spiro atoms. The number of thiophene rings is 1. The molecular weight excluding hydrogens is 394 g/mol. The maximum Gasteiger partial charge on any atom is 0.232 e. The third-order valence-corrected chi connectivity index (χ3v) is 6.46. The van der Waals surface area contributed by atoms with E-state index in [1.54, 1.807) is 22.7 Å². The van der Waals surface area contributed by atoms with Crippen molar-refractivity contribution in [1.29, 1.82) is 0 Å². The first-order valence-corrected chi connectivity index (χ1v) is 11.1. The van der Waals surface area contributed by atoms with E-state index in [2.05, 4.69) is 52.7 Å². The molecule has 0 atom stereocenters. The molecule has 3 heterocycles. The van der Waals surface area contributed by atoms with E-state index in [1.807, 2.05) is 22.2 Å². The standard InChI is InChI=1S/C20H17N3OS3/c1-12-3-4-13(2)16(7-12)17-11-27-20(22-17)23-18(24)8-15-10-26-19(21-15)14-5-6-25-9-14/h3-7,9-11H,8H2,1-2H3,(H,22,23,24). The Morgan fingerprint density at radius 1 is 1.07 bits per heavy atom. The van der Waals surface area contributed by atoms with Gasteiger partial charge >= 0.3 is 0 Å². The van der Waals surface area contributed by atoms with Gasteiger partial charge in [0.15, 0.2) is 5.13 Å². The molecule has 0 radical (unpaired) electrons. The Bertz CT molecular complexity index is 1080. The van der Waals surface area contributed by atoms with Crippen LogP contribution in [0, 0.1) is 13.8 Å². The lowest BCUT2D eigenvalue weighted by Crippen LogP contribution is -2.14. The SMILES string of the molecule is Cc1ccc(C)c(-c2csc(NC(=O)Cc3csc(-c4ccsc4)n3)n2)c1. The van der Waals surface area contributed by atoms with Crippen molar-refractivity contribution >= 4 is 45.0 Å². The van der Waals surface area contributed by atoms with Crippen LogP contribution >= 0.6 is 34.0 Å². The minimum absolute atomic E-state index is 0.0981. The molecule has 136 valence electrons. The molecule has 4 nitrogen and oxygen atoms in total. The number of nitrogens with zero attached hydrogens (tertiary/aromatic N) is 2. The van der Waals surface area contributed by atoms with Crippen LogP contribution in [0.2, 0.25) is 0 Å². The van der Waals surface area contributed by atoms with E-state index in [-0.39, 0.29) is 12.3 Å². The van der Waals surface area contributed by atoms with Gasteiger partial charge < -0.3 is 5.32 Å². The van der Waals surface area contributed by atoms with Crippen LogP contribution in [0.1, 0.15) is 16.8 Å². The summed E-state index contributed by atoms with van der Waals surface area (Å²) in [5.41, 5.74) is 6.25. The fourth-order valence-electron chi connectivity index (χ4n) is 2.70.